The Morgan fingerprint density at radius 2 is 1.88 bits per heavy atom. The molecule has 0 spiro atoms. The normalized spacial score (nSPS) is 15.2. The van der Waals surface area contributed by atoms with E-state index in [-0.39, 0.29) is 10.5 Å². The van der Waals surface area contributed by atoms with Gasteiger partial charge in [-0.2, -0.15) is 0 Å². The average molecular weight is 260 g/mol. The molecule has 2 unspecified atom stereocenters. The number of amides is 1. The summed E-state index contributed by atoms with van der Waals surface area (Å²) in [7, 11) is -3.91. The Labute approximate surface area is 97.7 Å². The fourth-order valence-electron chi connectivity index (χ4n) is 1.21. The number of hydrogen-bond donors (Lipinski definition) is 4. The summed E-state index contributed by atoms with van der Waals surface area (Å²) >= 11 is 0. The molecular weight excluding hydrogens is 248 g/mol. The highest BCUT2D eigenvalue weighted by Gasteiger charge is 2.24. The lowest BCUT2D eigenvalue weighted by molar-refractivity contribution is -0.131. The Morgan fingerprint density at radius 3 is 2.35 bits per heavy atom. The molecule has 7 nitrogen and oxygen atoms in total. The monoisotopic (exact) mass is 260 g/mol. The second kappa shape index (κ2) is 4.80. The Bertz CT molecular complexity index is 528. The first-order chi connectivity index (χ1) is 7.73. The second-order valence-corrected chi connectivity index (χ2v) is 4.97. The maximum atomic E-state index is 11.1. The number of aliphatic hydroxyl groups is 2. The van der Waals surface area contributed by atoms with Crippen molar-refractivity contribution in [2.24, 2.45) is 10.9 Å². The van der Waals surface area contributed by atoms with E-state index in [1.807, 2.05) is 0 Å². The molecule has 2 atom stereocenters. The molecule has 0 saturated heterocycles. The van der Waals surface area contributed by atoms with Crippen molar-refractivity contribution in [1.82, 2.24) is 0 Å². The molecule has 0 aliphatic carbocycles. The van der Waals surface area contributed by atoms with Crippen LogP contribution >= 0.6 is 0 Å². The molecule has 1 amide bonds. The van der Waals surface area contributed by atoms with Crippen LogP contribution in [0.25, 0.3) is 0 Å². The Kier molecular flexibility index (Phi) is 3.83. The maximum Gasteiger partial charge on any atom is 0.249 e. The van der Waals surface area contributed by atoms with Gasteiger partial charge in [-0.25, -0.2) is 13.6 Å². The highest BCUT2D eigenvalue weighted by atomic mass is 32.2. The van der Waals surface area contributed by atoms with E-state index in [4.69, 9.17) is 10.9 Å². The number of benzene rings is 1. The smallest absolute Gasteiger partial charge is 0.249 e. The van der Waals surface area contributed by atoms with E-state index in [2.05, 4.69) is 0 Å². The summed E-state index contributed by atoms with van der Waals surface area (Å²) in [4.78, 5) is 10.4. The SMILES string of the molecule is NC(=O)C(O)C(O)c1cccc(S(N)(=O)=O)c1. The third-order valence-electron chi connectivity index (χ3n) is 2.12. The number of hydrogen-bond acceptors (Lipinski definition) is 5. The number of aliphatic hydroxyl groups excluding tert-OH is 2. The molecule has 17 heavy (non-hydrogen) atoms. The van der Waals surface area contributed by atoms with Gasteiger partial charge in [0.25, 0.3) is 0 Å². The number of primary sulfonamides is 1. The van der Waals surface area contributed by atoms with E-state index in [0.717, 1.165) is 6.07 Å². The van der Waals surface area contributed by atoms with Crippen LogP contribution in [0, 0.1) is 0 Å². The highest BCUT2D eigenvalue weighted by Crippen LogP contribution is 2.19. The van der Waals surface area contributed by atoms with Crippen molar-refractivity contribution in [2.45, 2.75) is 17.1 Å². The van der Waals surface area contributed by atoms with E-state index < -0.39 is 28.1 Å². The van der Waals surface area contributed by atoms with Crippen LogP contribution in [0.1, 0.15) is 11.7 Å². The summed E-state index contributed by atoms with van der Waals surface area (Å²) in [5.41, 5.74) is 4.84. The molecule has 1 rings (SSSR count). The van der Waals surface area contributed by atoms with E-state index in [0.29, 0.717) is 0 Å². The molecule has 94 valence electrons. The Hall–Kier alpha value is -1.48. The Balaban J connectivity index is 3.12. The van der Waals surface area contributed by atoms with Gasteiger partial charge in [0.15, 0.2) is 6.10 Å². The lowest BCUT2D eigenvalue weighted by atomic mass is 10.0. The van der Waals surface area contributed by atoms with Crippen molar-refractivity contribution in [3.05, 3.63) is 29.8 Å². The maximum absolute atomic E-state index is 11.1. The van der Waals surface area contributed by atoms with Crippen molar-refractivity contribution in [2.75, 3.05) is 0 Å². The average Bonchev–Trinajstić information content (AvgIpc) is 2.26. The van der Waals surface area contributed by atoms with Crippen molar-refractivity contribution in [1.29, 1.82) is 0 Å². The zero-order valence-electron chi connectivity index (χ0n) is 8.65. The standard InChI is InChI=1S/C9H12N2O5S/c10-9(14)8(13)7(12)5-2-1-3-6(4-5)17(11,15)16/h1-4,7-8,12-13H,(H2,10,14)(H2,11,15,16). The molecule has 1 aromatic carbocycles. The van der Waals surface area contributed by atoms with Crippen molar-refractivity contribution in [3.8, 4) is 0 Å². The summed E-state index contributed by atoms with van der Waals surface area (Å²) in [6, 6.07) is 4.95. The molecule has 0 aliphatic heterocycles. The third-order valence-corrected chi connectivity index (χ3v) is 3.03. The predicted octanol–water partition coefficient (Wildman–Crippen LogP) is -1.79. The first-order valence-electron chi connectivity index (χ1n) is 4.51. The topological polar surface area (TPSA) is 144 Å². The lowest BCUT2D eigenvalue weighted by Crippen LogP contribution is -2.33. The summed E-state index contributed by atoms with van der Waals surface area (Å²) in [5, 5.41) is 23.7. The van der Waals surface area contributed by atoms with Crippen molar-refractivity contribution in [3.63, 3.8) is 0 Å². The first kappa shape index (κ1) is 13.6. The van der Waals surface area contributed by atoms with Gasteiger partial charge in [-0.05, 0) is 17.7 Å². The summed E-state index contributed by atoms with van der Waals surface area (Å²) < 4.78 is 22.1. The minimum absolute atomic E-state index is 0.0304. The molecule has 0 bridgehead atoms. The number of sulfonamides is 1. The molecular formula is C9H12N2O5S. The third kappa shape index (κ3) is 3.24. The quantitative estimate of drug-likeness (QED) is 0.505. The van der Waals surface area contributed by atoms with Gasteiger partial charge < -0.3 is 15.9 Å². The van der Waals surface area contributed by atoms with Gasteiger partial charge >= 0.3 is 0 Å². The summed E-state index contributed by atoms with van der Waals surface area (Å²) in [6.07, 6.45) is -3.42. The minimum atomic E-state index is -3.91. The largest absolute Gasteiger partial charge is 0.385 e. The first-order valence-corrected chi connectivity index (χ1v) is 6.06. The number of rotatable bonds is 4. The molecule has 0 radical (unpaired) electrons. The van der Waals surface area contributed by atoms with Crippen LogP contribution in [0.15, 0.2) is 29.2 Å². The molecule has 1 aromatic rings. The van der Waals surface area contributed by atoms with Crippen LogP contribution in [0.5, 0.6) is 0 Å². The second-order valence-electron chi connectivity index (χ2n) is 3.41. The molecule has 0 aromatic heterocycles. The fraction of sp³-hybridized carbons (Fsp3) is 0.222. The molecule has 0 fully saturated rings. The minimum Gasteiger partial charge on any atom is -0.385 e. The van der Waals surface area contributed by atoms with Gasteiger partial charge in [0.2, 0.25) is 15.9 Å². The molecule has 0 aliphatic rings. The van der Waals surface area contributed by atoms with Gasteiger partial charge in [-0.15, -0.1) is 0 Å². The van der Waals surface area contributed by atoms with E-state index in [1.165, 1.54) is 18.2 Å². The fourth-order valence-corrected chi connectivity index (χ4v) is 1.78. The van der Waals surface area contributed by atoms with Crippen LogP contribution in [-0.4, -0.2) is 30.6 Å². The number of carbonyl (C=O) groups is 1. The van der Waals surface area contributed by atoms with Gasteiger partial charge in [0.1, 0.15) is 6.10 Å². The van der Waals surface area contributed by atoms with Crippen LogP contribution < -0.4 is 10.9 Å². The van der Waals surface area contributed by atoms with Gasteiger partial charge in [-0.1, -0.05) is 12.1 Å². The summed E-state index contributed by atoms with van der Waals surface area (Å²) in [5.74, 6) is -1.11. The number of carbonyl (C=O) groups excluding carboxylic acids is 1. The van der Waals surface area contributed by atoms with E-state index in [1.54, 1.807) is 0 Å². The van der Waals surface area contributed by atoms with E-state index in [9.17, 15) is 23.4 Å². The van der Waals surface area contributed by atoms with Gasteiger partial charge in [-0.3, -0.25) is 4.79 Å². The van der Waals surface area contributed by atoms with Crippen molar-refractivity contribution < 1.29 is 23.4 Å². The van der Waals surface area contributed by atoms with Crippen molar-refractivity contribution >= 4 is 15.9 Å². The molecule has 0 heterocycles. The van der Waals surface area contributed by atoms with Crippen LogP contribution in [0.4, 0.5) is 0 Å². The molecule has 8 heteroatoms. The zero-order valence-corrected chi connectivity index (χ0v) is 9.46. The zero-order chi connectivity index (χ0) is 13.2. The number of nitrogens with two attached hydrogens (primary N) is 2. The van der Waals surface area contributed by atoms with Crippen LogP contribution in [-0.2, 0) is 14.8 Å². The summed E-state index contributed by atoms with van der Waals surface area (Å²) in [6.45, 7) is 0. The van der Waals surface area contributed by atoms with Gasteiger partial charge in [0, 0.05) is 0 Å². The van der Waals surface area contributed by atoms with Crippen LogP contribution in [0.3, 0.4) is 0 Å². The molecule has 0 saturated carbocycles. The van der Waals surface area contributed by atoms with Gasteiger partial charge in [0.05, 0.1) is 4.90 Å². The Morgan fingerprint density at radius 1 is 1.29 bits per heavy atom. The lowest BCUT2D eigenvalue weighted by Gasteiger charge is -2.15. The highest BCUT2D eigenvalue weighted by molar-refractivity contribution is 7.89. The predicted molar refractivity (Wildman–Crippen MR) is 58.0 cm³/mol. The molecule has 6 N–H and O–H groups in total. The van der Waals surface area contributed by atoms with Crippen LogP contribution in [0.2, 0.25) is 0 Å². The number of primary amides is 1. The van der Waals surface area contributed by atoms with E-state index >= 15 is 0 Å².